The van der Waals surface area contributed by atoms with E-state index >= 15 is 0 Å². The first-order valence-electron chi connectivity index (χ1n) is 7.22. The lowest BCUT2D eigenvalue weighted by atomic mass is 9.97. The lowest BCUT2D eigenvalue weighted by Crippen LogP contribution is -2.29. The van der Waals surface area contributed by atoms with Gasteiger partial charge in [-0.05, 0) is 50.2 Å². The average molecular weight is 284 g/mol. The summed E-state index contributed by atoms with van der Waals surface area (Å²) >= 11 is 1.72. The Bertz CT molecular complexity index is 539. The fraction of sp³-hybridized carbons (Fsp3) is 0.353. The molecule has 0 bridgehead atoms. The molecule has 1 fully saturated rings. The van der Waals surface area contributed by atoms with E-state index < -0.39 is 0 Å². The van der Waals surface area contributed by atoms with Crippen molar-refractivity contribution in [2.75, 3.05) is 13.6 Å². The molecule has 2 nitrogen and oxygen atoms in total. The van der Waals surface area contributed by atoms with Crippen LogP contribution in [0.4, 0.5) is 0 Å². The summed E-state index contributed by atoms with van der Waals surface area (Å²) in [5.41, 5.74) is 1.35. The predicted octanol–water partition coefficient (Wildman–Crippen LogP) is 4.39. The Balaban J connectivity index is 1.71. The van der Waals surface area contributed by atoms with Gasteiger partial charge in [0.15, 0.2) is 0 Å². The van der Waals surface area contributed by atoms with Crippen molar-refractivity contribution in [1.82, 2.24) is 9.88 Å². The van der Waals surface area contributed by atoms with Crippen LogP contribution in [0.25, 0.3) is 0 Å². The number of hydrogen-bond donors (Lipinski definition) is 0. The second-order valence-corrected chi connectivity index (χ2v) is 6.43. The third kappa shape index (κ3) is 3.22. The first kappa shape index (κ1) is 13.7. The van der Waals surface area contributed by atoms with Crippen molar-refractivity contribution >= 4 is 11.8 Å². The zero-order valence-corrected chi connectivity index (χ0v) is 12.6. The van der Waals surface area contributed by atoms with Crippen LogP contribution in [0, 0.1) is 0 Å². The molecular weight excluding hydrogens is 264 g/mol. The van der Waals surface area contributed by atoms with E-state index in [9.17, 15) is 0 Å². The number of likely N-dealkylation sites (tertiary alicyclic amines) is 1. The minimum Gasteiger partial charge on any atom is -0.299 e. The molecule has 2 aromatic rings. The Kier molecular flexibility index (Phi) is 4.38. The third-order valence-corrected chi connectivity index (χ3v) is 4.84. The Labute approximate surface area is 125 Å². The van der Waals surface area contributed by atoms with Crippen LogP contribution in [-0.4, -0.2) is 23.5 Å². The van der Waals surface area contributed by atoms with E-state index in [1.807, 2.05) is 6.07 Å². The Morgan fingerprint density at radius 3 is 2.65 bits per heavy atom. The molecule has 1 aromatic heterocycles. The maximum atomic E-state index is 4.62. The van der Waals surface area contributed by atoms with Gasteiger partial charge in [0, 0.05) is 17.1 Å². The lowest BCUT2D eigenvalue weighted by molar-refractivity contribution is 0.187. The molecule has 0 unspecified atom stereocenters. The van der Waals surface area contributed by atoms with E-state index in [4.69, 9.17) is 0 Å². The van der Waals surface area contributed by atoms with Crippen molar-refractivity contribution in [3.05, 3.63) is 54.2 Å². The smallest absolute Gasteiger partial charge is 0.101 e. The Morgan fingerprint density at radius 1 is 1.10 bits per heavy atom. The molecule has 0 saturated carbocycles. The molecule has 0 N–H and O–H groups in total. The molecule has 104 valence electrons. The van der Waals surface area contributed by atoms with Gasteiger partial charge >= 0.3 is 0 Å². The second-order valence-electron chi connectivity index (χ2n) is 5.34. The predicted molar refractivity (Wildman–Crippen MR) is 84.0 cm³/mol. The highest BCUT2D eigenvalue weighted by molar-refractivity contribution is 7.99. The molecule has 0 spiro atoms. The van der Waals surface area contributed by atoms with Crippen LogP contribution in [-0.2, 0) is 0 Å². The minimum atomic E-state index is 0.548. The summed E-state index contributed by atoms with van der Waals surface area (Å²) in [5, 5.41) is 1.07. The third-order valence-electron chi connectivity index (χ3n) is 3.88. The Hall–Kier alpha value is -1.32. The van der Waals surface area contributed by atoms with Crippen molar-refractivity contribution < 1.29 is 0 Å². The maximum absolute atomic E-state index is 4.62. The Morgan fingerprint density at radius 2 is 1.95 bits per heavy atom. The summed E-state index contributed by atoms with van der Waals surface area (Å²) in [4.78, 5) is 8.31. The molecule has 3 heteroatoms. The molecule has 0 amide bonds. The highest BCUT2D eigenvalue weighted by Crippen LogP contribution is 2.31. The van der Waals surface area contributed by atoms with Crippen LogP contribution in [0.2, 0.25) is 0 Å². The minimum absolute atomic E-state index is 0.548. The van der Waals surface area contributed by atoms with Gasteiger partial charge in [0.05, 0.1) is 0 Å². The largest absolute Gasteiger partial charge is 0.299 e. The quantitative estimate of drug-likeness (QED) is 0.831. The van der Waals surface area contributed by atoms with Crippen LogP contribution >= 0.6 is 11.8 Å². The summed E-state index contributed by atoms with van der Waals surface area (Å²) in [6.07, 6.45) is 5.96. The SMILES string of the molecule is CN1CCCC[C@H]1c1ccc(Sc2ccccc2)nc1. The van der Waals surface area contributed by atoms with Crippen molar-refractivity contribution in [3.63, 3.8) is 0 Å². The summed E-state index contributed by atoms with van der Waals surface area (Å²) < 4.78 is 0. The topological polar surface area (TPSA) is 16.1 Å². The molecule has 1 saturated heterocycles. The first-order valence-corrected chi connectivity index (χ1v) is 8.04. The van der Waals surface area contributed by atoms with Crippen molar-refractivity contribution in [2.45, 2.75) is 35.2 Å². The standard InChI is InChI=1S/C17H20N2S/c1-19-12-6-5-9-16(19)14-10-11-17(18-13-14)20-15-7-3-2-4-8-15/h2-4,7-8,10-11,13,16H,5-6,9,12H2,1H3/t16-/m0/s1. The fourth-order valence-corrected chi connectivity index (χ4v) is 3.53. The molecule has 20 heavy (non-hydrogen) atoms. The zero-order valence-electron chi connectivity index (χ0n) is 11.8. The van der Waals surface area contributed by atoms with Crippen LogP contribution in [0.1, 0.15) is 30.9 Å². The number of nitrogens with zero attached hydrogens (tertiary/aromatic N) is 2. The maximum Gasteiger partial charge on any atom is 0.101 e. The van der Waals surface area contributed by atoms with Crippen LogP contribution in [0.5, 0.6) is 0 Å². The number of pyridine rings is 1. The number of benzene rings is 1. The zero-order chi connectivity index (χ0) is 13.8. The van der Waals surface area contributed by atoms with Crippen molar-refractivity contribution in [1.29, 1.82) is 0 Å². The second kappa shape index (κ2) is 6.42. The lowest BCUT2D eigenvalue weighted by Gasteiger charge is -2.32. The molecule has 1 aromatic carbocycles. The summed E-state index contributed by atoms with van der Waals surface area (Å²) in [5.74, 6) is 0. The first-order chi connectivity index (χ1) is 9.83. The van der Waals surface area contributed by atoms with E-state index in [0.29, 0.717) is 6.04 Å². The van der Waals surface area contributed by atoms with Crippen LogP contribution in [0.15, 0.2) is 58.6 Å². The van der Waals surface area contributed by atoms with Gasteiger partial charge in [-0.15, -0.1) is 0 Å². The normalized spacial score (nSPS) is 19.9. The number of rotatable bonds is 3. The monoisotopic (exact) mass is 284 g/mol. The molecule has 1 atom stereocenters. The summed E-state index contributed by atoms with van der Waals surface area (Å²) in [6.45, 7) is 1.20. The molecule has 0 aliphatic carbocycles. The summed E-state index contributed by atoms with van der Waals surface area (Å²) in [6, 6.07) is 15.3. The van der Waals surface area contributed by atoms with E-state index in [0.717, 1.165) is 5.03 Å². The van der Waals surface area contributed by atoms with E-state index in [2.05, 4.69) is 59.5 Å². The van der Waals surface area contributed by atoms with E-state index in [-0.39, 0.29) is 0 Å². The van der Waals surface area contributed by atoms with Crippen molar-refractivity contribution in [3.8, 4) is 0 Å². The molecule has 0 radical (unpaired) electrons. The van der Waals surface area contributed by atoms with Gasteiger partial charge in [-0.2, -0.15) is 0 Å². The van der Waals surface area contributed by atoms with Crippen molar-refractivity contribution in [2.24, 2.45) is 0 Å². The highest BCUT2D eigenvalue weighted by atomic mass is 32.2. The average Bonchev–Trinajstić information content (AvgIpc) is 2.50. The van der Waals surface area contributed by atoms with Gasteiger partial charge in [-0.3, -0.25) is 4.90 Å². The molecule has 3 rings (SSSR count). The van der Waals surface area contributed by atoms with Crippen LogP contribution < -0.4 is 0 Å². The number of hydrogen-bond acceptors (Lipinski definition) is 3. The van der Waals surface area contributed by atoms with Gasteiger partial charge in [0.2, 0.25) is 0 Å². The highest BCUT2D eigenvalue weighted by Gasteiger charge is 2.20. The van der Waals surface area contributed by atoms with Gasteiger partial charge < -0.3 is 0 Å². The number of aromatic nitrogens is 1. The molecule has 1 aliphatic rings. The number of piperidine rings is 1. The summed E-state index contributed by atoms with van der Waals surface area (Å²) in [7, 11) is 2.22. The van der Waals surface area contributed by atoms with Gasteiger partial charge in [-0.1, -0.05) is 42.4 Å². The van der Waals surface area contributed by atoms with E-state index in [1.165, 1.54) is 36.3 Å². The van der Waals surface area contributed by atoms with E-state index in [1.54, 1.807) is 11.8 Å². The van der Waals surface area contributed by atoms with Gasteiger partial charge in [0.1, 0.15) is 5.03 Å². The van der Waals surface area contributed by atoms with Crippen LogP contribution in [0.3, 0.4) is 0 Å². The fourth-order valence-electron chi connectivity index (χ4n) is 2.75. The van der Waals surface area contributed by atoms with Gasteiger partial charge in [0.25, 0.3) is 0 Å². The molecular formula is C17H20N2S. The van der Waals surface area contributed by atoms with Gasteiger partial charge in [-0.25, -0.2) is 4.98 Å². The molecule has 1 aliphatic heterocycles. The molecule has 2 heterocycles.